The highest BCUT2D eigenvalue weighted by molar-refractivity contribution is 6.35. The van der Waals surface area contributed by atoms with Gasteiger partial charge in [0.1, 0.15) is 0 Å². The number of methoxy groups -OCH3 is 1. The fourth-order valence-corrected chi connectivity index (χ4v) is 2.14. The van der Waals surface area contributed by atoms with Gasteiger partial charge in [0.2, 0.25) is 5.91 Å². The molecule has 0 saturated carbocycles. The zero-order valence-corrected chi connectivity index (χ0v) is 12.7. The highest BCUT2D eigenvalue weighted by Gasteiger charge is 2.14. The van der Waals surface area contributed by atoms with Crippen LogP contribution in [-0.2, 0) is 9.53 Å². The number of imide groups is 1. The minimum atomic E-state index is -0.768. The van der Waals surface area contributed by atoms with Crippen LogP contribution >= 0.6 is 23.2 Å². The molecule has 0 bridgehead atoms. The van der Waals surface area contributed by atoms with Crippen LogP contribution < -0.4 is 10.6 Å². The lowest BCUT2D eigenvalue weighted by Crippen LogP contribution is -2.34. The summed E-state index contributed by atoms with van der Waals surface area (Å²) >= 11 is 11.8. The molecular formula is C13H16Cl2N2O3. The van der Waals surface area contributed by atoms with Gasteiger partial charge in [0.25, 0.3) is 0 Å². The van der Waals surface area contributed by atoms with Crippen molar-refractivity contribution in [1.29, 1.82) is 0 Å². The van der Waals surface area contributed by atoms with Crippen molar-refractivity contribution in [3.8, 4) is 0 Å². The molecular weight excluding hydrogens is 303 g/mol. The Hall–Kier alpha value is -1.46. The van der Waals surface area contributed by atoms with E-state index in [-0.39, 0.29) is 12.5 Å². The maximum atomic E-state index is 11.6. The summed E-state index contributed by atoms with van der Waals surface area (Å²) in [6.45, 7) is 1.93. The second-order valence-corrected chi connectivity index (χ2v) is 5.02. The maximum Gasteiger partial charge on any atom is 0.413 e. The van der Waals surface area contributed by atoms with Crippen LogP contribution in [0, 0.1) is 0 Å². The summed E-state index contributed by atoms with van der Waals surface area (Å²) in [7, 11) is 1.20. The first-order valence-corrected chi connectivity index (χ1v) is 6.80. The van der Waals surface area contributed by atoms with E-state index < -0.39 is 12.0 Å². The summed E-state index contributed by atoms with van der Waals surface area (Å²) in [6, 6.07) is 4.91. The molecule has 0 aliphatic carbocycles. The largest absolute Gasteiger partial charge is 0.453 e. The van der Waals surface area contributed by atoms with Crippen LogP contribution in [0.4, 0.5) is 10.5 Å². The van der Waals surface area contributed by atoms with E-state index in [9.17, 15) is 9.59 Å². The molecule has 7 heteroatoms. The van der Waals surface area contributed by atoms with Crippen molar-refractivity contribution in [3.63, 3.8) is 0 Å². The van der Waals surface area contributed by atoms with Crippen LogP contribution in [0.3, 0.4) is 0 Å². The third-order valence-electron chi connectivity index (χ3n) is 2.58. The number of alkyl carbamates (subject to hydrolysis) is 1. The summed E-state index contributed by atoms with van der Waals surface area (Å²) in [5.41, 5.74) is 0.722. The van der Waals surface area contributed by atoms with E-state index in [0.29, 0.717) is 16.5 Å². The molecule has 0 fully saturated rings. The lowest BCUT2D eigenvalue weighted by molar-refractivity contribution is -0.120. The van der Waals surface area contributed by atoms with Gasteiger partial charge in [-0.1, -0.05) is 30.1 Å². The monoisotopic (exact) mass is 318 g/mol. The number of amides is 2. The summed E-state index contributed by atoms with van der Waals surface area (Å²) < 4.78 is 4.36. The van der Waals surface area contributed by atoms with Crippen molar-refractivity contribution in [1.82, 2.24) is 5.32 Å². The molecule has 5 nitrogen and oxygen atoms in total. The second-order valence-electron chi connectivity index (χ2n) is 4.15. The smallest absolute Gasteiger partial charge is 0.413 e. The van der Waals surface area contributed by atoms with Crippen molar-refractivity contribution in [2.75, 3.05) is 12.4 Å². The number of anilines is 1. The predicted molar refractivity (Wildman–Crippen MR) is 79.3 cm³/mol. The summed E-state index contributed by atoms with van der Waals surface area (Å²) in [6.07, 6.45) is 0.0599. The van der Waals surface area contributed by atoms with Crippen molar-refractivity contribution in [3.05, 3.63) is 28.2 Å². The topological polar surface area (TPSA) is 67.4 Å². The highest BCUT2D eigenvalue weighted by Crippen LogP contribution is 2.23. The van der Waals surface area contributed by atoms with Gasteiger partial charge >= 0.3 is 6.09 Å². The Balaban J connectivity index is 2.62. The maximum absolute atomic E-state index is 11.6. The van der Waals surface area contributed by atoms with Gasteiger partial charge in [-0.05, 0) is 24.6 Å². The fraction of sp³-hybridized carbons (Fsp3) is 0.385. The SMILES string of the molecule is CC[C@H](CC(=O)NC(=O)OC)Nc1cc(Cl)cc(Cl)c1. The number of carbonyl (C=O) groups excluding carboxylic acids is 2. The molecule has 0 radical (unpaired) electrons. The summed E-state index contributed by atoms with van der Waals surface area (Å²) in [5, 5.41) is 6.28. The van der Waals surface area contributed by atoms with E-state index in [1.54, 1.807) is 18.2 Å². The van der Waals surface area contributed by atoms with E-state index in [1.165, 1.54) is 7.11 Å². The molecule has 1 aromatic carbocycles. The number of hydrogen-bond donors (Lipinski definition) is 2. The molecule has 0 heterocycles. The Kier molecular flexibility index (Phi) is 6.61. The Morgan fingerprint density at radius 2 is 1.85 bits per heavy atom. The Morgan fingerprint density at radius 3 is 2.35 bits per heavy atom. The number of rotatable bonds is 5. The third kappa shape index (κ3) is 5.67. The summed E-state index contributed by atoms with van der Waals surface area (Å²) in [4.78, 5) is 22.5. The van der Waals surface area contributed by atoms with Crippen LogP contribution in [0.5, 0.6) is 0 Å². The lowest BCUT2D eigenvalue weighted by Gasteiger charge is -2.18. The first-order valence-electron chi connectivity index (χ1n) is 6.05. The Bertz CT molecular complexity index is 474. The van der Waals surface area contributed by atoms with Gasteiger partial charge in [-0.25, -0.2) is 4.79 Å². The van der Waals surface area contributed by atoms with Crippen LogP contribution in [0.25, 0.3) is 0 Å². The number of nitrogens with one attached hydrogen (secondary N) is 2. The highest BCUT2D eigenvalue weighted by atomic mass is 35.5. The fourth-order valence-electron chi connectivity index (χ4n) is 1.61. The van der Waals surface area contributed by atoms with Crippen molar-refractivity contribution >= 4 is 40.9 Å². The summed E-state index contributed by atoms with van der Waals surface area (Å²) in [5.74, 6) is -0.413. The number of hydrogen-bond acceptors (Lipinski definition) is 4. The molecule has 1 atom stereocenters. The molecule has 0 aromatic heterocycles. The van der Waals surface area contributed by atoms with Gasteiger partial charge < -0.3 is 10.1 Å². The molecule has 2 amide bonds. The molecule has 0 unspecified atom stereocenters. The van der Waals surface area contributed by atoms with Crippen molar-refractivity contribution in [2.24, 2.45) is 0 Å². The third-order valence-corrected chi connectivity index (χ3v) is 3.02. The van der Waals surface area contributed by atoms with E-state index in [2.05, 4.69) is 15.4 Å². The van der Waals surface area contributed by atoms with E-state index in [1.807, 2.05) is 6.92 Å². The number of carbonyl (C=O) groups is 2. The number of benzene rings is 1. The molecule has 2 N–H and O–H groups in total. The Labute approximate surface area is 127 Å². The van der Waals surface area contributed by atoms with Crippen molar-refractivity contribution in [2.45, 2.75) is 25.8 Å². The van der Waals surface area contributed by atoms with Crippen LogP contribution in [0.15, 0.2) is 18.2 Å². The molecule has 1 aromatic rings. The molecule has 0 aliphatic rings. The minimum absolute atomic E-state index is 0.135. The zero-order valence-electron chi connectivity index (χ0n) is 11.2. The van der Waals surface area contributed by atoms with E-state index in [0.717, 1.165) is 5.69 Å². The molecule has 20 heavy (non-hydrogen) atoms. The zero-order chi connectivity index (χ0) is 15.1. The molecule has 1 rings (SSSR count). The quantitative estimate of drug-likeness (QED) is 0.872. The van der Waals surface area contributed by atoms with Crippen LogP contribution in [0.1, 0.15) is 19.8 Å². The first-order chi connectivity index (χ1) is 9.44. The molecule has 110 valence electrons. The standard InChI is InChI=1S/C13H16Cl2N2O3/c1-3-10(7-12(18)17-13(19)20-2)16-11-5-8(14)4-9(15)6-11/h4-6,10,16H,3,7H2,1-2H3,(H,17,18,19)/t10-/m1/s1. The number of halogens is 2. The molecule has 0 spiro atoms. The van der Waals surface area contributed by atoms with Crippen LogP contribution in [-0.4, -0.2) is 25.2 Å². The van der Waals surface area contributed by atoms with Gasteiger partial charge in [0.05, 0.1) is 7.11 Å². The van der Waals surface area contributed by atoms with Crippen LogP contribution in [0.2, 0.25) is 10.0 Å². The van der Waals surface area contributed by atoms with Crippen molar-refractivity contribution < 1.29 is 14.3 Å². The average molecular weight is 319 g/mol. The van der Waals surface area contributed by atoms with Gasteiger partial charge in [0.15, 0.2) is 0 Å². The second kappa shape index (κ2) is 7.97. The van der Waals surface area contributed by atoms with E-state index >= 15 is 0 Å². The van der Waals surface area contributed by atoms with E-state index in [4.69, 9.17) is 23.2 Å². The predicted octanol–water partition coefficient (Wildman–Crippen LogP) is 3.46. The van der Waals surface area contributed by atoms with Gasteiger partial charge in [-0.15, -0.1) is 0 Å². The van der Waals surface area contributed by atoms with Gasteiger partial charge in [-0.2, -0.15) is 0 Å². The molecule has 0 aliphatic heterocycles. The van der Waals surface area contributed by atoms with Gasteiger partial charge in [-0.3, -0.25) is 10.1 Å². The first kappa shape index (κ1) is 16.6. The van der Waals surface area contributed by atoms with Gasteiger partial charge in [0, 0.05) is 28.2 Å². The minimum Gasteiger partial charge on any atom is -0.453 e. The lowest BCUT2D eigenvalue weighted by atomic mass is 10.1. The average Bonchev–Trinajstić information content (AvgIpc) is 2.36. The molecule has 0 saturated heterocycles. The number of ether oxygens (including phenoxy) is 1. The Morgan fingerprint density at radius 1 is 1.25 bits per heavy atom. The normalized spacial score (nSPS) is 11.6.